The number of fused-ring (bicyclic) bond motifs is 5. The number of nitrogens with zero attached hydrogens (tertiary/aromatic N) is 2. The first-order chi connectivity index (χ1) is 26.3. The van der Waals surface area contributed by atoms with Crippen LogP contribution in [0.5, 0.6) is 0 Å². The van der Waals surface area contributed by atoms with Gasteiger partial charge in [-0.05, 0) is 106 Å². The predicted octanol–water partition coefficient (Wildman–Crippen LogP) is 13.9. The van der Waals surface area contributed by atoms with Gasteiger partial charge in [-0.1, -0.05) is 121 Å². The topological polar surface area (TPSA) is 42.4 Å². The molecule has 0 unspecified atom stereocenters. The van der Waals surface area contributed by atoms with Crippen molar-refractivity contribution in [3.05, 3.63) is 194 Å². The minimum absolute atomic E-state index is 0.605. The van der Waals surface area contributed by atoms with Crippen LogP contribution in [0.3, 0.4) is 0 Å². The second-order valence-corrected chi connectivity index (χ2v) is 13.2. The van der Waals surface area contributed by atoms with Crippen molar-refractivity contribution >= 4 is 50.1 Å². The van der Waals surface area contributed by atoms with Gasteiger partial charge in [0.15, 0.2) is 5.58 Å². The van der Waals surface area contributed by atoms with E-state index in [0.717, 1.165) is 66.8 Å². The van der Waals surface area contributed by atoms with Gasteiger partial charge in [0, 0.05) is 28.0 Å². The Hall–Kier alpha value is -7.17. The fraction of sp³-hybridized carbons (Fsp3) is 0. The zero-order valence-electron chi connectivity index (χ0n) is 28.7. The number of oxazole rings is 1. The summed E-state index contributed by atoms with van der Waals surface area (Å²) in [5.74, 6) is 0.605. The number of aromatic nitrogens is 1. The van der Waals surface area contributed by atoms with Gasteiger partial charge in [-0.3, -0.25) is 0 Å². The lowest BCUT2D eigenvalue weighted by Crippen LogP contribution is -2.09. The Morgan fingerprint density at radius 1 is 0.377 bits per heavy atom. The van der Waals surface area contributed by atoms with E-state index in [1.54, 1.807) is 0 Å². The van der Waals surface area contributed by atoms with Crippen molar-refractivity contribution in [1.82, 2.24) is 4.98 Å². The summed E-state index contributed by atoms with van der Waals surface area (Å²) in [4.78, 5) is 7.07. The van der Waals surface area contributed by atoms with Gasteiger partial charge in [0.2, 0.25) is 5.89 Å². The number of rotatable bonds is 7. The third-order valence-corrected chi connectivity index (χ3v) is 9.93. The molecule has 0 fully saturated rings. The summed E-state index contributed by atoms with van der Waals surface area (Å²) in [6, 6.07) is 67.6. The molecule has 8 aromatic carbocycles. The zero-order chi connectivity index (χ0) is 35.1. The van der Waals surface area contributed by atoms with E-state index in [1.807, 2.05) is 42.5 Å². The molecule has 250 valence electrons. The molecule has 0 aliphatic carbocycles. The first-order valence-corrected chi connectivity index (χ1v) is 17.8. The molecular formula is C49H32N2O2. The van der Waals surface area contributed by atoms with Crippen LogP contribution in [-0.2, 0) is 0 Å². The third-order valence-electron chi connectivity index (χ3n) is 9.93. The number of anilines is 3. The quantitative estimate of drug-likeness (QED) is 0.168. The second-order valence-electron chi connectivity index (χ2n) is 13.2. The lowest BCUT2D eigenvalue weighted by atomic mass is 9.94. The van der Waals surface area contributed by atoms with Crippen LogP contribution >= 0.6 is 0 Å². The lowest BCUT2D eigenvalue weighted by molar-refractivity contribution is 0.622. The summed E-state index contributed by atoms with van der Waals surface area (Å²) in [6.45, 7) is 0. The molecule has 0 amide bonds. The van der Waals surface area contributed by atoms with Crippen molar-refractivity contribution in [3.63, 3.8) is 0 Å². The number of furan rings is 1. The predicted molar refractivity (Wildman–Crippen MR) is 218 cm³/mol. The average molecular weight is 681 g/mol. The maximum Gasteiger partial charge on any atom is 0.227 e. The van der Waals surface area contributed by atoms with Gasteiger partial charge in [0.05, 0.1) is 5.39 Å². The van der Waals surface area contributed by atoms with Gasteiger partial charge >= 0.3 is 0 Å². The molecule has 2 aromatic heterocycles. The number of hydrogen-bond donors (Lipinski definition) is 0. The summed E-state index contributed by atoms with van der Waals surface area (Å²) in [5, 5.41) is 1.95. The standard InChI is InChI=1S/C49H32N2O2/c1-4-12-34(13-5-1)41-18-10-11-19-42(41)35-22-27-40(28-23-35)51(38-16-8-3-9-17-38)39-25-20-33(21-26-39)37-24-29-43-46(32-37)52-45-31-30-44-48(47(43)45)53-49(50-44)36-14-6-2-7-15-36/h1-32H. The fourth-order valence-corrected chi connectivity index (χ4v) is 7.35. The van der Waals surface area contributed by atoms with Crippen molar-refractivity contribution in [2.75, 3.05) is 4.90 Å². The number of hydrogen-bond acceptors (Lipinski definition) is 4. The lowest BCUT2D eigenvalue weighted by Gasteiger charge is -2.26. The Bertz CT molecular complexity index is 2860. The molecule has 4 nitrogen and oxygen atoms in total. The Kier molecular flexibility index (Phi) is 7.43. The molecule has 0 saturated carbocycles. The Morgan fingerprint density at radius 2 is 0.906 bits per heavy atom. The molecule has 53 heavy (non-hydrogen) atoms. The summed E-state index contributed by atoms with van der Waals surface area (Å²) in [6.07, 6.45) is 0. The highest BCUT2D eigenvalue weighted by Crippen LogP contribution is 2.40. The minimum Gasteiger partial charge on any atom is -0.456 e. The monoisotopic (exact) mass is 680 g/mol. The van der Waals surface area contributed by atoms with Crippen LogP contribution in [0, 0.1) is 0 Å². The highest BCUT2D eigenvalue weighted by Gasteiger charge is 2.18. The summed E-state index contributed by atoms with van der Waals surface area (Å²) >= 11 is 0. The van der Waals surface area contributed by atoms with E-state index >= 15 is 0 Å². The van der Waals surface area contributed by atoms with E-state index in [2.05, 4.69) is 157 Å². The molecule has 2 heterocycles. The highest BCUT2D eigenvalue weighted by atomic mass is 16.4. The normalized spacial score (nSPS) is 11.4. The minimum atomic E-state index is 0.605. The summed E-state index contributed by atoms with van der Waals surface area (Å²) in [5.41, 5.74) is 14.4. The summed E-state index contributed by atoms with van der Waals surface area (Å²) < 4.78 is 12.7. The van der Waals surface area contributed by atoms with Gasteiger partial charge in [-0.15, -0.1) is 0 Å². The van der Waals surface area contributed by atoms with Crippen LogP contribution in [0.1, 0.15) is 0 Å². The maximum atomic E-state index is 6.39. The Labute approximate surface area is 306 Å². The average Bonchev–Trinajstić information content (AvgIpc) is 3.84. The molecule has 0 spiro atoms. The van der Waals surface area contributed by atoms with Crippen LogP contribution in [0.2, 0.25) is 0 Å². The van der Waals surface area contributed by atoms with Crippen LogP contribution in [0.15, 0.2) is 203 Å². The van der Waals surface area contributed by atoms with Crippen molar-refractivity contribution < 1.29 is 8.83 Å². The van der Waals surface area contributed by atoms with E-state index < -0.39 is 0 Å². The van der Waals surface area contributed by atoms with E-state index in [0.29, 0.717) is 5.89 Å². The number of benzene rings is 8. The van der Waals surface area contributed by atoms with Crippen LogP contribution in [0.25, 0.3) is 77.9 Å². The van der Waals surface area contributed by atoms with Gasteiger partial charge in [0.1, 0.15) is 16.7 Å². The molecular weight excluding hydrogens is 649 g/mol. The Morgan fingerprint density at radius 3 is 1.57 bits per heavy atom. The first kappa shape index (κ1) is 30.6. The molecule has 4 heteroatoms. The number of para-hydroxylation sites is 1. The van der Waals surface area contributed by atoms with Gasteiger partial charge in [0.25, 0.3) is 0 Å². The van der Waals surface area contributed by atoms with E-state index in [9.17, 15) is 0 Å². The molecule has 0 saturated heterocycles. The molecule has 0 aliphatic heterocycles. The molecule has 0 N–H and O–H groups in total. The molecule has 0 radical (unpaired) electrons. The van der Waals surface area contributed by atoms with Crippen molar-refractivity contribution in [2.45, 2.75) is 0 Å². The largest absolute Gasteiger partial charge is 0.456 e. The van der Waals surface area contributed by atoms with Gasteiger partial charge in [-0.2, -0.15) is 0 Å². The van der Waals surface area contributed by atoms with Gasteiger partial charge < -0.3 is 13.7 Å². The SMILES string of the molecule is c1ccc(-c2nc3ccc4oc5cc(-c6ccc(N(c7ccccc7)c7ccc(-c8ccccc8-c8ccccc8)cc7)cc6)ccc5c4c3o2)cc1. The van der Waals surface area contributed by atoms with Crippen molar-refractivity contribution in [2.24, 2.45) is 0 Å². The van der Waals surface area contributed by atoms with Crippen molar-refractivity contribution in [3.8, 4) is 44.8 Å². The van der Waals surface area contributed by atoms with Crippen molar-refractivity contribution in [1.29, 1.82) is 0 Å². The maximum absolute atomic E-state index is 6.39. The zero-order valence-corrected chi connectivity index (χ0v) is 28.7. The molecule has 10 rings (SSSR count). The van der Waals surface area contributed by atoms with Crippen LogP contribution in [0.4, 0.5) is 17.1 Å². The van der Waals surface area contributed by atoms with Gasteiger partial charge in [-0.25, -0.2) is 4.98 Å². The molecule has 10 aromatic rings. The van der Waals surface area contributed by atoms with Crippen LogP contribution in [-0.4, -0.2) is 4.98 Å². The summed E-state index contributed by atoms with van der Waals surface area (Å²) in [7, 11) is 0. The molecule has 0 bridgehead atoms. The second kappa shape index (κ2) is 12.9. The Balaban J connectivity index is 0.985. The first-order valence-electron chi connectivity index (χ1n) is 17.8. The molecule has 0 aliphatic rings. The third kappa shape index (κ3) is 5.54. The van der Waals surface area contributed by atoms with E-state index in [1.165, 1.54) is 22.3 Å². The van der Waals surface area contributed by atoms with Crippen LogP contribution < -0.4 is 4.90 Å². The fourth-order valence-electron chi connectivity index (χ4n) is 7.35. The molecule has 0 atom stereocenters. The van der Waals surface area contributed by atoms with E-state index in [4.69, 9.17) is 13.8 Å². The van der Waals surface area contributed by atoms with E-state index in [-0.39, 0.29) is 0 Å². The smallest absolute Gasteiger partial charge is 0.227 e. The highest BCUT2D eigenvalue weighted by molar-refractivity contribution is 6.16.